The smallest absolute Gasteiger partial charge is 0.335 e. The Kier molecular flexibility index (Phi) is 4.05. The van der Waals surface area contributed by atoms with Gasteiger partial charge in [0.05, 0.1) is 12.7 Å². The fourth-order valence-corrected chi connectivity index (χ4v) is 2.39. The van der Waals surface area contributed by atoms with Crippen molar-refractivity contribution in [2.45, 2.75) is 26.2 Å². The Hall–Kier alpha value is -2.03. The van der Waals surface area contributed by atoms with Crippen LogP contribution in [-0.2, 0) is 6.42 Å². The predicted octanol–water partition coefficient (Wildman–Crippen LogP) is 3.89. The lowest BCUT2D eigenvalue weighted by Crippen LogP contribution is -2.03. The van der Waals surface area contributed by atoms with E-state index >= 15 is 0 Å². The van der Waals surface area contributed by atoms with Crippen molar-refractivity contribution in [3.63, 3.8) is 0 Å². The first kappa shape index (κ1) is 13.4. The van der Waals surface area contributed by atoms with Gasteiger partial charge in [-0.15, -0.1) is 0 Å². The summed E-state index contributed by atoms with van der Waals surface area (Å²) in [5, 5.41) is 11.3. The molecule has 0 heterocycles. The highest BCUT2D eigenvalue weighted by atomic mass is 16.5. The minimum atomic E-state index is -0.865. The van der Waals surface area contributed by atoms with Crippen LogP contribution >= 0.6 is 0 Å². The highest BCUT2D eigenvalue weighted by Crippen LogP contribution is 2.30. The number of aryl methyl sites for hydroxylation is 1. The van der Waals surface area contributed by atoms with Gasteiger partial charge in [-0.1, -0.05) is 25.5 Å². The lowest BCUT2D eigenvalue weighted by molar-refractivity contribution is 0.0696. The van der Waals surface area contributed by atoms with Gasteiger partial charge >= 0.3 is 5.97 Å². The number of carboxylic acids is 1. The molecule has 0 saturated heterocycles. The van der Waals surface area contributed by atoms with Crippen LogP contribution in [0.2, 0.25) is 0 Å². The summed E-state index contributed by atoms with van der Waals surface area (Å²) in [7, 11) is 1.63. The lowest BCUT2D eigenvalue weighted by Gasteiger charge is -2.12. The van der Waals surface area contributed by atoms with E-state index in [-0.39, 0.29) is 0 Å². The number of fused-ring (bicyclic) bond motifs is 1. The Morgan fingerprint density at radius 2 is 2.00 bits per heavy atom. The SMILES string of the molecule is CCCCc1c(C(=O)O)ccc2c(OC)cccc12. The van der Waals surface area contributed by atoms with E-state index in [1.807, 2.05) is 24.3 Å². The molecule has 0 unspecified atom stereocenters. The number of benzene rings is 2. The molecule has 0 fully saturated rings. The van der Waals surface area contributed by atoms with Crippen LogP contribution in [0, 0.1) is 0 Å². The third-order valence-electron chi connectivity index (χ3n) is 3.36. The molecule has 0 amide bonds. The quantitative estimate of drug-likeness (QED) is 0.885. The molecule has 2 aromatic rings. The number of methoxy groups -OCH3 is 1. The molecule has 3 heteroatoms. The zero-order valence-corrected chi connectivity index (χ0v) is 11.3. The Labute approximate surface area is 112 Å². The molecule has 100 valence electrons. The van der Waals surface area contributed by atoms with Gasteiger partial charge in [-0.05, 0) is 42.0 Å². The lowest BCUT2D eigenvalue weighted by atomic mass is 9.94. The number of unbranched alkanes of at least 4 members (excludes halogenated alkanes) is 1. The van der Waals surface area contributed by atoms with Crippen molar-refractivity contribution in [3.05, 3.63) is 41.5 Å². The summed E-state index contributed by atoms with van der Waals surface area (Å²) in [4.78, 5) is 11.4. The number of carbonyl (C=O) groups is 1. The summed E-state index contributed by atoms with van der Waals surface area (Å²) < 4.78 is 5.34. The van der Waals surface area contributed by atoms with Crippen LogP contribution < -0.4 is 4.74 Å². The van der Waals surface area contributed by atoms with Gasteiger partial charge < -0.3 is 9.84 Å². The van der Waals surface area contributed by atoms with Gasteiger partial charge in [-0.2, -0.15) is 0 Å². The van der Waals surface area contributed by atoms with Gasteiger partial charge in [-0.3, -0.25) is 0 Å². The zero-order valence-electron chi connectivity index (χ0n) is 11.3. The highest BCUT2D eigenvalue weighted by Gasteiger charge is 2.14. The van der Waals surface area contributed by atoms with Crippen molar-refractivity contribution in [1.29, 1.82) is 0 Å². The molecule has 2 rings (SSSR count). The molecule has 0 aromatic heterocycles. The van der Waals surface area contributed by atoms with E-state index in [1.165, 1.54) is 0 Å². The fourth-order valence-electron chi connectivity index (χ4n) is 2.39. The molecule has 19 heavy (non-hydrogen) atoms. The summed E-state index contributed by atoms with van der Waals surface area (Å²) in [6.45, 7) is 2.10. The van der Waals surface area contributed by atoms with Gasteiger partial charge in [0.1, 0.15) is 5.75 Å². The molecule has 0 aliphatic heterocycles. The number of ether oxygens (including phenoxy) is 1. The molecule has 0 radical (unpaired) electrons. The standard InChI is InChI=1S/C16H18O3/c1-3-4-6-12-11-7-5-8-15(19-2)13(11)9-10-14(12)16(17)18/h5,7-10H,3-4,6H2,1-2H3,(H,17,18). The van der Waals surface area contributed by atoms with E-state index in [9.17, 15) is 9.90 Å². The van der Waals surface area contributed by atoms with Crippen LogP contribution in [0.4, 0.5) is 0 Å². The molecule has 2 aromatic carbocycles. The summed E-state index contributed by atoms with van der Waals surface area (Å²) in [6, 6.07) is 9.27. The Morgan fingerprint density at radius 3 is 2.63 bits per heavy atom. The molecule has 0 aliphatic rings. The molecular weight excluding hydrogens is 240 g/mol. The average molecular weight is 258 g/mol. The van der Waals surface area contributed by atoms with Gasteiger partial charge in [-0.25, -0.2) is 4.79 Å². The average Bonchev–Trinajstić information content (AvgIpc) is 2.43. The zero-order chi connectivity index (χ0) is 13.8. The fraction of sp³-hybridized carbons (Fsp3) is 0.312. The van der Waals surface area contributed by atoms with Crippen molar-refractivity contribution in [2.24, 2.45) is 0 Å². The van der Waals surface area contributed by atoms with Gasteiger partial charge in [0, 0.05) is 5.39 Å². The van der Waals surface area contributed by atoms with E-state index in [4.69, 9.17) is 4.74 Å². The van der Waals surface area contributed by atoms with Crippen LogP contribution in [0.3, 0.4) is 0 Å². The number of carboxylic acid groups (broad SMARTS) is 1. The minimum absolute atomic E-state index is 0.397. The number of aromatic carboxylic acids is 1. The Bertz CT molecular complexity index is 602. The van der Waals surface area contributed by atoms with Crippen molar-refractivity contribution < 1.29 is 14.6 Å². The first-order valence-electron chi connectivity index (χ1n) is 6.51. The van der Waals surface area contributed by atoms with Gasteiger partial charge in [0.25, 0.3) is 0 Å². The molecule has 1 N–H and O–H groups in total. The van der Waals surface area contributed by atoms with Crippen molar-refractivity contribution in [2.75, 3.05) is 7.11 Å². The highest BCUT2D eigenvalue weighted by molar-refractivity contribution is 5.99. The van der Waals surface area contributed by atoms with E-state index in [0.717, 1.165) is 41.3 Å². The maximum Gasteiger partial charge on any atom is 0.335 e. The van der Waals surface area contributed by atoms with Crippen molar-refractivity contribution >= 4 is 16.7 Å². The van der Waals surface area contributed by atoms with Crippen LogP contribution in [0.5, 0.6) is 5.75 Å². The Morgan fingerprint density at radius 1 is 1.21 bits per heavy atom. The minimum Gasteiger partial charge on any atom is -0.496 e. The van der Waals surface area contributed by atoms with E-state index in [1.54, 1.807) is 13.2 Å². The third kappa shape index (κ3) is 2.55. The molecule has 0 aliphatic carbocycles. The first-order chi connectivity index (χ1) is 9.19. The second kappa shape index (κ2) is 5.74. The normalized spacial score (nSPS) is 10.6. The van der Waals surface area contributed by atoms with E-state index in [2.05, 4.69) is 6.92 Å². The molecule has 0 spiro atoms. The largest absolute Gasteiger partial charge is 0.496 e. The van der Waals surface area contributed by atoms with E-state index < -0.39 is 5.97 Å². The van der Waals surface area contributed by atoms with Crippen LogP contribution in [-0.4, -0.2) is 18.2 Å². The summed E-state index contributed by atoms with van der Waals surface area (Å²) in [6.07, 6.45) is 2.80. The monoisotopic (exact) mass is 258 g/mol. The number of rotatable bonds is 5. The van der Waals surface area contributed by atoms with Crippen LogP contribution in [0.1, 0.15) is 35.7 Å². The summed E-state index contributed by atoms with van der Waals surface area (Å²) in [5.74, 6) is -0.0805. The molecule has 0 saturated carbocycles. The second-order valence-corrected chi connectivity index (χ2v) is 4.56. The van der Waals surface area contributed by atoms with Crippen molar-refractivity contribution in [3.8, 4) is 5.75 Å². The predicted molar refractivity (Wildman–Crippen MR) is 76.1 cm³/mol. The van der Waals surface area contributed by atoms with E-state index in [0.29, 0.717) is 5.56 Å². The van der Waals surface area contributed by atoms with Crippen LogP contribution in [0.15, 0.2) is 30.3 Å². The maximum absolute atomic E-state index is 11.4. The molecular formula is C16H18O3. The third-order valence-corrected chi connectivity index (χ3v) is 3.36. The topological polar surface area (TPSA) is 46.5 Å². The Balaban J connectivity index is 2.68. The number of hydrogen-bond donors (Lipinski definition) is 1. The van der Waals surface area contributed by atoms with Crippen molar-refractivity contribution in [1.82, 2.24) is 0 Å². The summed E-state index contributed by atoms with van der Waals surface area (Å²) in [5.41, 5.74) is 1.31. The molecule has 0 bridgehead atoms. The molecule has 0 atom stereocenters. The van der Waals surface area contributed by atoms with Gasteiger partial charge in [0.2, 0.25) is 0 Å². The van der Waals surface area contributed by atoms with Crippen LogP contribution in [0.25, 0.3) is 10.8 Å². The first-order valence-corrected chi connectivity index (χ1v) is 6.51. The number of hydrogen-bond acceptors (Lipinski definition) is 2. The molecule has 3 nitrogen and oxygen atoms in total. The van der Waals surface area contributed by atoms with Gasteiger partial charge in [0.15, 0.2) is 0 Å². The maximum atomic E-state index is 11.4. The summed E-state index contributed by atoms with van der Waals surface area (Å²) >= 11 is 0. The second-order valence-electron chi connectivity index (χ2n) is 4.56.